The number of methoxy groups -OCH3 is 1. The summed E-state index contributed by atoms with van der Waals surface area (Å²) in [6, 6.07) is 11.1. The molecular weight excluding hydrogens is 344 g/mol. The van der Waals surface area contributed by atoms with E-state index in [1.54, 1.807) is 25.3 Å². The van der Waals surface area contributed by atoms with Crippen molar-refractivity contribution in [3.63, 3.8) is 0 Å². The zero-order valence-corrected chi connectivity index (χ0v) is 15.8. The van der Waals surface area contributed by atoms with Gasteiger partial charge in [0, 0.05) is 0 Å². The first-order valence-corrected chi connectivity index (χ1v) is 8.46. The summed E-state index contributed by atoms with van der Waals surface area (Å²) >= 11 is 0. The van der Waals surface area contributed by atoms with Gasteiger partial charge in [-0.25, -0.2) is 5.43 Å². The monoisotopic (exact) mass is 368 g/mol. The van der Waals surface area contributed by atoms with E-state index < -0.39 is 0 Å². The van der Waals surface area contributed by atoms with Gasteiger partial charge in [-0.3, -0.25) is 4.79 Å². The van der Waals surface area contributed by atoms with Crippen molar-refractivity contribution in [3.8, 4) is 17.2 Å². The summed E-state index contributed by atoms with van der Waals surface area (Å²) < 4.78 is 16.3. The number of hydrazone groups is 1. The molecule has 2 aromatic carbocycles. The Bertz CT molecular complexity index is 811. The van der Waals surface area contributed by atoms with Gasteiger partial charge in [0.1, 0.15) is 12.4 Å². The standard InChI is InChI=1S/C21H24N2O4/c1-5-8-26-19-7-6-17(12-20(19)25-4)13-22-23-21(24)14-27-18-10-15(2)9-16(3)11-18/h5-7,9-13H,1,8,14H2,2-4H3,(H,23,24)/b22-13-. The maximum absolute atomic E-state index is 11.9. The average Bonchev–Trinajstić information content (AvgIpc) is 2.64. The molecule has 2 aromatic rings. The Morgan fingerprint density at radius 2 is 1.85 bits per heavy atom. The molecule has 0 aliphatic rings. The SMILES string of the molecule is C=CCOc1ccc(/C=N\NC(=O)COc2cc(C)cc(C)c2)cc1OC. The van der Waals surface area contributed by atoms with Gasteiger partial charge in [-0.05, 0) is 60.9 Å². The van der Waals surface area contributed by atoms with Crippen LogP contribution in [-0.2, 0) is 4.79 Å². The van der Waals surface area contributed by atoms with Gasteiger partial charge in [0.15, 0.2) is 18.1 Å². The van der Waals surface area contributed by atoms with Crippen molar-refractivity contribution in [2.45, 2.75) is 13.8 Å². The second kappa shape index (κ2) is 10.0. The molecule has 0 radical (unpaired) electrons. The number of benzene rings is 2. The summed E-state index contributed by atoms with van der Waals surface area (Å²) in [5.41, 5.74) is 5.36. The number of aryl methyl sites for hydroxylation is 2. The molecule has 0 aliphatic carbocycles. The highest BCUT2D eigenvalue weighted by molar-refractivity contribution is 5.83. The molecule has 6 heteroatoms. The van der Waals surface area contributed by atoms with Crippen LogP contribution in [0, 0.1) is 13.8 Å². The zero-order chi connectivity index (χ0) is 19.6. The molecule has 0 heterocycles. The Labute approximate surface area is 159 Å². The third-order valence-corrected chi connectivity index (χ3v) is 3.51. The molecule has 6 nitrogen and oxygen atoms in total. The lowest BCUT2D eigenvalue weighted by Gasteiger charge is -2.09. The largest absolute Gasteiger partial charge is 0.493 e. The van der Waals surface area contributed by atoms with Gasteiger partial charge >= 0.3 is 0 Å². The summed E-state index contributed by atoms with van der Waals surface area (Å²) in [4.78, 5) is 11.9. The predicted molar refractivity (Wildman–Crippen MR) is 106 cm³/mol. The Morgan fingerprint density at radius 3 is 2.52 bits per heavy atom. The summed E-state index contributed by atoms with van der Waals surface area (Å²) in [6.07, 6.45) is 3.18. The van der Waals surface area contributed by atoms with Crippen LogP contribution in [0.25, 0.3) is 0 Å². The van der Waals surface area contributed by atoms with Crippen molar-refractivity contribution in [1.82, 2.24) is 5.43 Å². The number of carbonyl (C=O) groups is 1. The van der Waals surface area contributed by atoms with E-state index in [1.807, 2.05) is 38.1 Å². The molecule has 2 rings (SSSR count). The fraction of sp³-hybridized carbons (Fsp3) is 0.238. The van der Waals surface area contributed by atoms with Gasteiger partial charge < -0.3 is 14.2 Å². The lowest BCUT2D eigenvalue weighted by molar-refractivity contribution is -0.123. The summed E-state index contributed by atoms with van der Waals surface area (Å²) in [5, 5.41) is 3.94. The second-order valence-corrected chi connectivity index (χ2v) is 5.92. The van der Waals surface area contributed by atoms with E-state index in [9.17, 15) is 4.79 Å². The fourth-order valence-electron chi connectivity index (χ4n) is 2.41. The number of hydrogen-bond donors (Lipinski definition) is 1. The normalized spacial score (nSPS) is 10.5. The first-order valence-electron chi connectivity index (χ1n) is 8.46. The summed E-state index contributed by atoms with van der Waals surface area (Å²) in [6.45, 7) is 7.84. The molecule has 0 saturated heterocycles. The highest BCUT2D eigenvalue weighted by atomic mass is 16.5. The minimum absolute atomic E-state index is 0.113. The van der Waals surface area contributed by atoms with Crippen LogP contribution in [0.15, 0.2) is 54.2 Å². The smallest absolute Gasteiger partial charge is 0.277 e. The summed E-state index contributed by atoms with van der Waals surface area (Å²) in [7, 11) is 1.56. The van der Waals surface area contributed by atoms with Crippen LogP contribution in [0.3, 0.4) is 0 Å². The van der Waals surface area contributed by atoms with Crippen LogP contribution in [0.5, 0.6) is 17.2 Å². The van der Waals surface area contributed by atoms with Gasteiger partial charge in [-0.1, -0.05) is 18.7 Å². The van der Waals surface area contributed by atoms with Gasteiger partial charge in [0.25, 0.3) is 5.91 Å². The molecule has 27 heavy (non-hydrogen) atoms. The van der Waals surface area contributed by atoms with E-state index in [0.717, 1.165) is 16.7 Å². The highest BCUT2D eigenvalue weighted by Crippen LogP contribution is 2.27. The van der Waals surface area contributed by atoms with Crippen molar-refractivity contribution in [1.29, 1.82) is 0 Å². The molecule has 0 saturated carbocycles. The minimum Gasteiger partial charge on any atom is -0.493 e. The first kappa shape index (κ1) is 20.0. The van der Waals surface area contributed by atoms with Crippen molar-refractivity contribution >= 4 is 12.1 Å². The summed E-state index contributed by atoms with van der Waals surface area (Å²) in [5.74, 6) is 1.50. The van der Waals surface area contributed by atoms with Crippen molar-refractivity contribution in [2.24, 2.45) is 5.10 Å². The Balaban J connectivity index is 1.88. The quantitative estimate of drug-likeness (QED) is 0.418. The lowest BCUT2D eigenvalue weighted by Crippen LogP contribution is -2.24. The van der Waals surface area contributed by atoms with Gasteiger partial charge in [-0.15, -0.1) is 0 Å². The third-order valence-electron chi connectivity index (χ3n) is 3.51. The molecule has 1 N–H and O–H groups in total. The predicted octanol–water partition coefficient (Wildman–Crippen LogP) is 3.41. The number of ether oxygens (including phenoxy) is 3. The van der Waals surface area contributed by atoms with Crippen LogP contribution < -0.4 is 19.6 Å². The molecule has 0 unspecified atom stereocenters. The van der Waals surface area contributed by atoms with Gasteiger partial charge in [-0.2, -0.15) is 5.10 Å². The van der Waals surface area contributed by atoms with E-state index in [1.165, 1.54) is 6.21 Å². The molecule has 0 bridgehead atoms. The van der Waals surface area contributed by atoms with Crippen LogP contribution in [0.4, 0.5) is 0 Å². The fourth-order valence-corrected chi connectivity index (χ4v) is 2.41. The molecule has 0 spiro atoms. The van der Waals surface area contributed by atoms with Gasteiger partial charge in [0.05, 0.1) is 13.3 Å². The maximum atomic E-state index is 11.9. The molecule has 1 amide bonds. The van der Waals surface area contributed by atoms with Crippen LogP contribution in [-0.4, -0.2) is 32.4 Å². The number of nitrogens with one attached hydrogen (secondary N) is 1. The van der Waals surface area contributed by atoms with Crippen molar-refractivity contribution < 1.29 is 19.0 Å². The zero-order valence-electron chi connectivity index (χ0n) is 15.8. The molecule has 142 valence electrons. The Kier molecular flexibility index (Phi) is 7.43. The maximum Gasteiger partial charge on any atom is 0.277 e. The molecule has 0 fully saturated rings. The van der Waals surface area contributed by atoms with Crippen molar-refractivity contribution in [2.75, 3.05) is 20.3 Å². The van der Waals surface area contributed by atoms with Crippen LogP contribution >= 0.6 is 0 Å². The number of carbonyl (C=O) groups excluding carboxylic acids is 1. The first-order chi connectivity index (χ1) is 13.0. The number of nitrogens with zero attached hydrogens (tertiary/aromatic N) is 1. The van der Waals surface area contributed by atoms with Gasteiger partial charge in [0.2, 0.25) is 0 Å². The molecule has 0 aromatic heterocycles. The Morgan fingerprint density at radius 1 is 1.11 bits per heavy atom. The van der Waals surface area contributed by atoms with E-state index in [4.69, 9.17) is 14.2 Å². The highest BCUT2D eigenvalue weighted by Gasteiger charge is 2.05. The van der Waals surface area contributed by atoms with E-state index in [0.29, 0.717) is 23.9 Å². The van der Waals surface area contributed by atoms with Crippen LogP contribution in [0.1, 0.15) is 16.7 Å². The Hall–Kier alpha value is -3.28. The second-order valence-electron chi connectivity index (χ2n) is 5.92. The minimum atomic E-state index is -0.344. The van der Waals surface area contributed by atoms with E-state index in [2.05, 4.69) is 17.1 Å². The number of rotatable bonds is 9. The van der Waals surface area contributed by atoms with Crippen LogP contribution in [0.2, 0.25) is 0 Å². The van der Waals surface area contributed by atoms with E-state index in [-0.39, 0.29) is 12.5 Å². The number of hydrogen-bond acceptors (Lipinski definition) is 5. The van der Waals surface area contributed by atoms with E-state index >= 15 is 0 Å². The third kappa shape index (κ3) is 6.51. The number of amides is 1. The lowest BCUT2D eigenvalue weighted by atomic mass is 10.1. The topological polar surface area (TPSA) is 69.2 Å². The average molecular weight is 368 g/mol. The molecule has 0 atom stereocenters. The molecular formula is C21H24N2O4. The van der Waals surface area contributed by atoms with Crippen molar-refractivity contribution in [3.05, 3.63) is 65.7 Å². The molecule has 0 aliphatic heterocycles.